The Balaban J connectivity index is 2.56. The van der Waals surface area contributed by atoms with Crippen LogP contribution in [0.15, 0.2) is 30.3 Å². The molecule has 96 valence electrons. The van der Waals surface area contributed by atoms with Crippen molar-refractivity contribution in [3.8, 4) is 0 Å². The summed E-state index contributed by atoms with van der Waals surface area (Å²) in [6, 6.07) is 4.02. The topological polar surface area (TPSA) is 12.9 Å². The molecule has 1 heterocycles. The summed E-state index contributed by atoms with van der Waals surface area (Å²) in [6.45, 7) is 0. The second-order valence-corrected chi connectivity index (χ2v) is 3.60. The van der Waals surface area contributed by atoms with Crippen LogP contribution in [0.2, 0.25) is 0 Å². The first kappa shape index (κ1) is 12.7. The Labute approximate surface area is 97.1 Å². The van der Waals surface area contributed by atoms with Crippen molar-refractivity contribution < 1.29 is 26.3 Å². The molecule has 0 bridgehead atoms. The van der Waals surface area contributed by atoms with Crippen molar-refractivity contribution in [2.24, 2.45) is 0 Å². The van der Waals surface area contributed by atoms with E-state index in [4.69, 9.17) is 0 Å². The zero-order valence-electron chi connectivity index (χ0n) is 8.60. The highest BCUT2D eigenvalue weighted by molar-refractivity contribution is 5.79. The van der Waals surface area contributed by atoms with Gasteiger partial charge in [-0.1, -0.05) is 6.07 Å². The quantitative estimate of drug-likeness (QED) is 0.648. The van der Waals surface area contributed by atoms with Crippen LogP contribution in [-0.2, 0) is 12.4 Å². The van der Waals surface area contributed by atoms with Crippen molar-refractivity contribution in [2.45, 2.75) is 12.4 Å². The van der Waals surface area contributed by atoms with Crippen LogP contribution in [0.5, 0.6) is 0 Å². The maximum atomic E-state index is 12.4. The summed E-state index contributed by atoms with van der Waals surface area (Å²) in [5, 5.41) is 0.0119. The number of hydrogen-bond acceptors (Lipinski definition) is 1. The van der Waals surface area contributed by atoms with Gasteiger partial charge in [0.1, 0.15) is 5.69 Å². The molecule has 0 amide bonds. The molecule has 0 fully saturated rings. The molecule has 0 N–H and O–H groups in total. The van der Waals surface area contributed by atoms with Gasteiger partial charge in [0.05, 0.1) is 11.1 Å². The van der Waals surface area contributed by atoms with Gasteiger partial charge < -0.3 is 0 Å². The van der Waals surface area contributed by atoms with Gasteiger partial charge in [0.15, 0.2) is 0 Å². The Bertz CT molecular complexity index is 531. The Morgan fingerprint density at radius 3 is 2.00 bits per heavy atom. The monoisotopic (exact) mass is 265 g/mol. The molecule has 1 nitrogen and oxygen atoms in total. The summed E-state index contributed by atoms with van der Waals surface area (Å²) in [6.07, 6.45) is -9.15. The molecule has 2 rings (SSSR count). The Hall–Kier alpha value is -1.79. The third kappa shape index (κ3) is 2.39. The van der Waals surface area contributed by atoms with Crippen LogP contribution in [0.4, 0.5) is 26.3 Å². The summed E-state index contributed by atoms with van der Waals surface area (Å²) >= 11 is 0. The number of fused-ring (bicyclic) bond motifs is 1. The number of nitrogens with zero attached hydrogens (tertiary/aromatic N) is 1. The highest BCUT2D eigenvalue weighted by atomic mass is 19.4. The lowest BCUT2D eigenvalue weighted by Crippen LogP contribution is -2.08. The van der Waals surface area contributed by atoms with E-state index in [1.807, 2.05) is 0 Å². The number of pyridine rings is 1. The molecule has 1 aromatic heterocycles. The smallest absolute Gasteiger partial charge is 0.243 e. The number of hydrogen-bond donors (Lipinski definition) is 0. The fraction of sp³-hybridized carbons (Fsp3) is 0.182. The van der Waals surface area contributed by atoms with E-state index in [9.17, 15) is 26.3 Å². The first-order valence-corrected chi connectivity index (χ1v) is 4.73. The van der Waals surface area contributed by atoms with Gasteiger partial charge in [0.25, 0.3) is 0 Å². The summed E-state index contributed by atoms with van der Waals surface area (Å²) in [5.74, 6) is 0. The average Bonchev–Trinajstić information content (AvgIpc) is 2.25. The van der Waals surface area contributed by atoms with E-state index in [2.05, 4.69) is 4.98 Å². The minimum Gasteiger partial charge on any atom is -0.243 e. The second-order valence-electron chi connectivity index (χ2n) is 3.60. The van der Waals surface area contributed by atoms with Crippen molar-refractivity contribution in [3.63, 3.8) is 0 Å². The lowest BCUT2D eigenvalue weighted by molar-refractivity contribution is -0.141. The van der Waals surface area contributed by atoms with E-state index in [0.29, 0.717) is 12.1 Å². The zero-order valence-corrected chi connectivity index (χ0v) is 8.60. The standard InChI is InChI=1S/C11H5F6N/c12-10(13,14)7-2-3-8-6(5-7)1-4-9(18-8)11(15,16)17/h1-5H. The summed E-state index contributed by atoms with van der Waals surface area (Å²) < 4.78 is 74.2. The molecule has 0 aliphatic carbocycles. The van der Waals surface area contributed by atoms with E-state index in [1.54, 1.807) is 0 Å². The molecular weight excluding hydrogens is 260 g/mol. The predicted molar refractivity (Wildman–Crippen MR) is 51.7 cm³/mol. The van der Waals surface area contributed by atoms with Crippen LogP contribution in [0.1, 0.15) is 11.3 Å². The molecule has 0 unspecified atom stereocenters. The third-order valence-corrected chi connectivity index (χ3v) is 2.31. The molecule has 0 radical (unpaired) electrons. The summed E-state index contributed by atoms with van der Waals surface area (Å²) in [4.78, 5) is 3.28. The molecule has 0 saturated heterocycles. The lowest BCUT2D eigenvalue weighted by Gasteiger charge is -2.09. The summed E-state index contributed by atoms with van der Waals surface area (Å²) in [5.41, 5.74) is -2.18. The van der Waals surface area contributed by atoms with Crippen molar-refractivity contribution in [1.82, 2.24) is 4.98 Å². The van der Waals surface area contributed by atoms with Gasteiger partial charge in [-0.05, 0) is 24.3 Å². The maximum absolute atomic E-state index is 12.4. The van der Waals surface area contributed by atoms with E-state index in [-0.39, 0.29) is 10.9 Å². The largest absolute Gasteiger partial charge is 0.433 e. The van der Waals surface area contributed by atoms with Crippen LogP contribution >= 0.6 is 0 Å². The van der Waals surface area contributed by atoms with E-state index in [0.717, 1.165) is 18.2 Å². The molecule has 1 aromatic carbocycles. The van der Waals surface area contributed by atoms with Crippen molar-refractivity contribution >= 4 is 10.9 Å². The number of aromatic nitrogens is 1. The Kier molecular flexibility index (Phi) is 2.71. The minimum absolute atomic E-state index is 0.0119. The van der Waals surface area contributed by atoms with Gasteiger partial charge >= 0.3 is 12.4 Å². The molecule has 0 saturated carbocycles. The number of alkyl halides is 6. The molecular formula is C11H5F6N. The lowest BCUT2D eigenvalue weighted by atomic mass is 10.1. The van der Waals surface area contributed by atoms with Crippen LogP contribution in [-0.4, -0.2) is 4.98 Å². The van der Waals surface area contributed by atoms with Crippen molar-refractivity contribution in [1.29, 1.82) is 0 Å². The van der Waals surface area contributed by atoms with Crippen molar-refractivity contribution in [2.75, 3.05) is 0 Å². The van der Waals surface area contributed by atoms with Gasteiger partial charge in [-0.25, -0.2) is 4.98 Å². The minimum atomic E-state index is -4.61. The van der Waals surface area contributed by atoms with E-state index >= 15 is 0 Å². The highest BCUT2D eigenvalue weighted by Crippen LogP contribution is 2.33. The molecule has 7 heteroatoms. The fourth-order valence-corrected chi connectivity index (χ4v) is 1.46. The van der Waals surface area contributed by atoms with Gasteiger partial charge in [-0.2, -0.15) is 26.3 Å². The summed E-state index contributed by atoms with van der Waals surface area (Å²) in [7, 11) is 0. The third-order valence-electron chi connectivity index (χ3n) is 2.31. The van der Waals surface area contributed by atoms with Gasteiger partial charge in [-0.3, -0.25) is 0 Å². The van der Waals surface area contributed by atoms with E-state index < -0.39 is 23.6 Å². The second kappa shape index (κ2) is 3.86. The van der Waals surface area contributed by atoms with Crippen LogP contribution in [0.25, 0.3) is 10.9 Å². The predicted octanol–water partition coefficient (Wildman–Crippen LogP) is 4.27. The molecule has 0 aliphatic heterocycles. The molecule has 0 aliphatic rings. The van der Waals surface area contributed by atoms with Crippen LogP contribution in [0, 0.1) is 0 Å². The van der Waals surface area contributed by atoms with Crippen LogP contribution in [0.3, 0.4) is 0 Å². The van der Waals surface area contributed by atoms with Gasteiger partial charge in [0, 0.05) is 5.39 Å². The van der Waals surface area contributed by atoms with Crippen molar-refractivity contribution in [3.05, 3.63) is 41.6 Å². The van der Waals surface area contributed by atoms with Crippen LogP contribution < -0.4 is 0 Å². The number of halogens is 6. The maximum Gasteiger partial charge on any atom is 0.433 e. The molecule has 0 spiro atoms. The Morgan fingerprint density at radius 1 is 0.778 bits per heavy atom. The van der Waals surface area contributed by atoms with Gasteiger partial charge in [0.2, 0.25) is 0 Å². The molecule has 0 atom stereocenters. The first-order valence-electron chi connectivity index (χ1n) is 4.73. The number of rotatable bonds is 0. The SMILES string of the molecule is FC(F)(F)c1ccc2nc(C(F)(F)F)ccc2c1. The normalized spacial score (nSPS) is 13.0. The van der Waals surface area contributed by atoms with Gasteiger partial charge in [-0.15, -0.1) is 0 Å². The first-order chi connectivity index (χ1) is 8.18. The van der Waals surface area contributed by atoms with E-state index in [1.165, 1.54) is 0 Å². The molecule has 18 heavy (non-hydrogen) atoms. The highest BCUT2D eigenvalue weighted by Gasteiger charge is 2.33. The fourth-order valence-electron chi connectivity index (χ4n) is 1.46. The Morgan fingerprint density at radius 2 is 1.44 bits per heavy atom. The average molecular weight is 265 g/mol. The number of benzene rings is 1. The zero-order chi connectivity index (χ0) is 13.6. The molecule has 2 aromatic rings.